The molecule has 0 aliphatic carbocycles. The number of aromatic nitrogens is 4. The van der Waals surface area contributed by atoms with Crippen molar-refractivity contribution in [2.45, 2.75) is 20.4 Å². The number of aryl methyl sites for hydroxylation is 1. The van der Waals surface area contributed by atoms with Gasteiger partial charge in [0.2, 0.25) is 11.8 Å². The lowest BCUT2D eigenvalue weighted by Crippen LogP contribution is -2.23. The minimum Gasteiger partial charge on any atom is -0.481 e. The summed E-state index contributed by atoms with van der Waals surface area (Å²) >= 11 is 0. The summed E-state index contributed by atoms with van der Waals surface area (Å²) in [5.41, 5.74) is 8.53. The number of anilines is 2. The van der Waals surface area contributed by atoms with Gasteiger partial charge in [0.05, 0.1) is 30.6 Å². The van der Waals surface area contributed by atoms with Crippen LogP contribution in [-0.2, 0) is 6.54 Å². The van der Waals surface area contributed by atoms with Crippen LogP contribution in [0.4, 0.5) is 11.6 Å². The van der Waals surface area contributed by atoms with Crippen LogP contribution in [0.2, 0.25) is 0 Å². The molecule has 3 aromatic heterocycles. The van der Waals surface area contributed by atoms with Crippen molar-refractivity contribution in [3.63, 3.8) is 0 Å². The fourth-order valence-electron chi connectivity index (χ4n) is 5.24. The zero-order valence-electron chi connectivity index (χ0n) is 23.7. The summed E-state index contributed by atoms with van der Waals surface area (Å²) in [6.07, 6.45) is 7.09. The number of amides is 1. The molecule has 0 unspecified atom stereocenters. The van der Waals surface area contributed by atoms with Crippen LogP contribution < -0.4 is 20.3 Å². The van der Waals surface area contributed by atoms with Crippen molar-refractivity contribution in [1.82, 2.24) is 25.3 Å². The second kappa shape index (κ2) is 10.8. The molecule has 10 nitrogen and oxygen atoms in total. The average molecular weight is 559 g/mol. The van der Waals surface area contributed by atoms with Crippen molar-refractivity contribution in [3.8, 4) is 28.3 Å². The molecule has 210 valence electrons. The monoisotopic (exact) mass is 558 g/mol. The van der Waals surface area contributed by atoms with Gasteiger partial charge in [-0.1, -0.05) is 24.3 Å². The standard InChI is InChI=1S/C32H30N8O2/c1-18-14-37-32(38-27(33)13-19(2)34-3)39-29(18)24-16-36-30-22(24)8-6-10-26(30)40-17-25-21(7-5-9-23(25)31(40)41)20-11-12-28(42-4)35-15-20/h5-16,34,36H,17H2,1-4H3,(H2,33,37,38,39)/b19-13-. The summed E-state index contributed by atoms with van der Waals surface area (Å²) < 4.78 is 5.21. The van der Waals surface area contributed by atoms with Crippen LogP contribution in [0.3, 0.4) is 0 Å². The number of carbonyl (C=O) groups excluding carboxylic acids is 1. The number of para-hydroxylation sites is 1. The molecule has 0 spiro atoms. The van der Waals surface area contributed by atoms with Gasteiger partial charge >= 0.3 is 0 Å². The minimum absolute atomic E-state index is 0.0508. The van der Waals surface area contributed by atoms with Gasteiger partial charge < -0.3 is 25.3 Å². The van der Waals surface area contributed by atoms with Gasteiger partial charge in [-0.25, -0.2) is 15.0 Å². The normalized spacial score (nSPS) is 12.9. The van der Waals surface area contributed by atoms with E-state index in [2.05, 4.69) is 25.6 Å². The zero-order valence-corrected chi connectivity index (χ0v) is 23.7. The molecule has 10 heteroatoms. The lowest BCUT2D eigenvalue weighted by Gasteiger charge is -2.17. The van der Waals surface area contributed by atoms with Gasteiger partial charge in [-0.3, -0.25) is 10.2 Å². The average Bonchev–Trinajstić information content (AvgIpc) is 3.59. The SMILES string of the molecule is CN/C(C)=C\C(=N)Nc1ncc(C)c(-c2c[nH]c3c(N4Cc5c(cccc5-c5ccc(OC)nc5)C4=O)cccc23)n1. The second-order valence-corrected chi connectivity index (χ2v) is 10.1. The van der Waals surface area contributed by atoms with Gasteiger partial charge in [-0.05, 0) is 54.8 Å². The van der Waals surface area contributed by atoms with Crippen LogP contribution in [0.15, 0.2) is 78.9 Å². The Bertz CT molecular complexity index is 1870. The Morgan fingerprint density at radius 1 is 1.07 bits per heavy atom. The van der Waals surface area contributed by atoms with Gasteiger partial charge in [0.1, 0.15) is 5.84 Å². The molecule has 0 fully saturated rings. The molecule has 42 heavy (non-hydrogen) atoms. The molecule has 1 aliphatic rings. The fourth-order valence-corrected chi connectivity index (χ4v) is 5.24. The summed E-state index contributed by atoms with van der Waals surface area (Å²) in [5.74, 6) is 0.996. The number of amidine groups is 1. The molecule has 4 heterocycles. The number of methoxy groups -OCH3 is 1. The van der Waals surface area contributed by atoms with E-state index < -0.39 is 0 Å². The molecular weight excluding hydrogens is 528 g/mol. The number of carbonyl (C=O) groups is 1. The maximum absolute atomic E-state index is 13.7. The van der Waals surface area contributed by atoms with E-state index in [9.17, 15) is 4.79 Å². The number of hydrogen-bond acceptors (Lipinski definition) is 7. The van der Waals surface area contributed by atoms with Crippen LogP contribution >= 0.6 is 0 Å². The summed E-state index contributed by atoms with van der Waals surface area (Å²) in [6.45, 7) is 4.27. The highest BCUT2D eigenvalue weighted by molar-refractivity contribution is 6.15. The molecular formula is C32H30N8O2. The van der Waals surface area contributed by atoms with Crippen molar-refractivity contribution >= 4 is 34.3 Å². The lowest BCUT2D eigenvalue weighted by molar-refractivity contribution is 0.0997. The molecule has 0 bridgehead atoms. The topological polar surface area (TPSA) is 132 Å². The molecule has 1 aliphatic heterocycles. The molecule has 4 N–H and O–H groups in total. The number of ether oxygens (including phenoxy) is 1. The lowest BCUT2D eigenvalue weighted by atomic mass is 9.98. The number of nitrogens with zero attached hydrogens (tertiary/aromatic N) is 4. The van der Waals surface area contributed by atoms with Gasteiger partial charge in [0.15, 0.2) is 0 Å². The molecule has 1 amide bonds. The number of rotatable bonds is 7. The number of aromatic amines is 1. The van der Waals surface area contributed by atoms with E-state index in [4.69, 9.17) is 15.1 Å². The Labute approximate surface area is 243 Å². The fraction of sp³-hybridized carbons (Fsp3) is 0.156. The number of allylic oxidation sites excluding steroid dienone is 1. The number of nitrogens with one attached hydrogen (secondary N) is 4. The molecule has 0 radical (unpaired) electrons. The summed E-state index contributed by atoms with van der Waals surface area (Å²) in [5, 5.41) is 15.1. The summed E-state index contributed by atoms with van der Waals surface area (Å²) in [4.78, 5) is 32.4. The molecule has 5 aromatic rings. The Hall–Kier alpha value is -5.51. The Morgan fingerprint density at radius 2 is 1.88 bits per heavy atom. The third kappa shape index (κ3) is 4.72. The number of benzene rings is 2. The van der Waals surface area contributed by atoms with E-state index in [1.54, 1.807) is 32.6 Å². The quantitative estimate of drug-likeness (QED) is 0.149. The Morgan fingerprint density at radius 3 is 2.64 bits per heavy atom. The van der Waals surface area contributed by atoms with Crippen LogP contribution in [0.5, 0.6) is 5.88 Å². The van der Waals surface area contributed by atoms with Gasteiger partial charge in [-0.2, -0.15) is 0 Å². The number of H-pyrrole nitrogens is 1. The Balaban J connectivity index is 1.35. The van der Waals surface area contributed by atoms with Gasteiger partial charge in [0.25, 0.3) is 5.91 Å². The summed E-state index contributed by atoms with van der Waals surface area (Å²) in [7, 11) is 3.39. The smallest absolute Gasteiger partial charge is 0.259 e. The van der Waals surface area contributed by atoms with E-state index in [0.717, 1.165) is 55.8 Å². The van der Waals surface area contributed by atoms with Crippen molar-refractivity contribution in [2.75, 3.05) is 24.4 Å². The van der Waals surface area contributed by atoms with Crippen LogP contribution in [0.25, 0.3) is 33.3 Å². The van der Waals surface area contributed by atoms with E-state index in [1.165, 1.54) is 0 Å². The minimum atomic E-state index is -0.0508. The molecule has 6 rings (SSSR count). The Kier molecular flexibility index (Phi) is 6.87. The van der Waals surface area contributed by atoms with Crippen molar-refractivity contribution < 1.29 is 9.53 Å². The molecule has 0 saturated heterocycles. The zero-order chi connectivity index (χ0) is 29.4. The maximum Gasteiger partial charge on any atom is 0.259 e. The molecule has 2 aromatic carbocycles. The third-order valence-corrected chi connectivity index (χ3v) is 7.44. The van der Waals surface area contributed by atoms with Gasteiger partial charge in [-0.15, -0.1) is 0 Å². The third-order valence-electron chi connectivity index (χ3n) is 7.44. The molecule has 0 atom stereocenters. The molecule has 0 saturated carbocycles. The highest BCUT2D eigenvalue weighted by Crippen LogP contribution is 2.40. The first-order chi connectivity index (χ1) is 20.4. The first kappa shape index (κ1) is 26.7. The van der Waals surface area contributed by atoms with Crippen molar-refractivity contribution in [3.05, 3.63) is 95.6 Å². The number of fused-ring (bicyclic) bond motifs is 2. The van der Waals surface area contributed by atoms with Crippen LogP contribution in [0, 0.1) is 12.3 Å². The number of pyridine rings is 1. The highest BCUT2D eigenvalue weighted by Gasteiger charge is 2.32. The predicted octanol–water partition coefficient (Wildman–Crippen LogP) is 5.68. The van der Waals surface area contributed by atoms with Crippen LogP contribution in [0.1, 0.15) is 28.4 Å². The predicted molar refractivity (Wildman–Crippen MR) is 165 cm³/mol. The first-order valence-corrected chi connectivity index (χ1v) is 13.5. The van der Waals surface area contributed by atoms with Gasteiger partial charge in [0, 0.05) is 59.5 Å². The van der Waals surface area contributed by atoms with E-state index in [0.29, 0.717) is 23.9 Å². The first-order valence-electron chi connectivity index (χ1n) is 13.5. The highest BCUT2D eigenvalue weighted by atomic mass is 16.5. The second-order valence-electron chi connectivity index (χ2n) is 10.1. The van der Waals surface area contributed by atoms with E-state index >= 15 is 0 Å². The number of hydrogen-bond donors (Lipinski definition) is 4. The largest absolute Gasteiger partial charge is 0.481 e. The van der Waals surface area contributed by atoms with Crippen molar-refractivity contribution in [2.24, 2.45) is 0 Å². The summed E-state index contributed by atoms with van der Waals surface area (Å²) in [6, 6.07) is 15.5. The van der Waals surface area contributed by atoms with Crippen LogP contribution in [-0.4, -0.2) is 45.8 Å². The van der Waals surface area contributed by atoms with E-state index in [1.807, 2.05) is 73.5 Å². The van der Waals surface area contributed by atoms with Crippen molar-refractivity contribution in [1.29, 1.82) is 5.41 Å². The maximum atomic E-state index is 13.7. The van der Waals surface area contributed by atoms with E-state index in [-0.39, 0.29) is 11.7 Å².